The van der Waals surface area contributed by atoms with Gasteiger partial charge in [0.25, 0.3) is 5.91 Å². The van der Waals surface area contributed by atoms with Crippen molar-refractivity contribution in [1.82, 2.24) is 5.32 Å². The zero-order valence-corrected chi connectivity index (χ0v) is 11.2. The lowest BCUT2D eigenvalue weighted by Gasteiger charge is -2.15. The van der Waals surface area contributed by atoms with Crippen LogP contribution in [0.1, 0.15) is 19.8 Å². The van der Waals surface area contributed by atoms with E-state index in [0.717, 1.165) is 12.8 Å². The normalized spacial score (nSPS) is 11.9. The number of para-hydroxylation sites is 1. The van der Waals surface area contributed by atoms with Crippen molar-refractivity contribution in [2.75, 3.05) is 13.1 Å². The Balaban J connectivity index is 2.38. The Morgan fingerprint density at radius 3 is 2.83 bits per heavy atom. The van der Waals surface area contributed by atoms with Crippen LogP contribution in [0.2, 0.25) is 5.02 Å². The number of carbonyl (C=O) groups excluding carboxylic acids is 1. The molecule has 4 nitrogen and oxygen atoms in total. The lowest BCUT2D eigenvalue weighted by Crippen LogP contribution is -2.37. The van der Waals surface area contributed by atoms with E-state index in [2.05, 4.69) is 5.32 Å². The van der Waals surface area contributed by atoms with Crippen LogP contribution in [0.4, 0.5) is 0 Å². The number of benzene rings is 1. The quantitative estimate of drug-likeness (QED) is 0.745. The second-order valence-electron chi connectivity index (χ2n) is 3.98. The highest BCUT2D eigenvalue weighted by atomic mass is 35.5. The third kappa shape index (κ3) is 4.94. The van der Waals surface area contributed by atoms with Crippen molar-refractivity contribution in [3.05, 3.63) is 29.3 Å². The van der Waals surface area contributed by atoms with Gasteiger partial charge in [-0.15, -0.1) is 0 Å². The molecule has 0 fully saturated rings. The van der Waals surface area contributed by atoms with Crippen molar-refractivity contribution in [3.63, 3.8) is 0 Å². The number of halogens is 1. The van der Waals surface area contributed by atoms with Gasteiger partial charge in [-0.2, -0.15) is 0 Å². The van der Waals surface area contributed by atoms with Gasteiger partial charge in [0.1, 0.15) is 5.75 Å². The number of unbranched alkanes of at least 4 members (excludes halogenated alkanes) is 1. The van der Waals surface area contributed by atoms with Gasteiger partial charge in [0.15, 0.2) is 6.10 Å². The number of rotatable bonds is 7. The van der Waals surface area contributed by atoms with Gasteiger partial charge in [0, 0.05) is 6.54 Å². The predicted octanol–water partition coefficient (Wildman–Crippen LogP) is 1.96. The Bertz CT molecular complexity index is 385. The van der Waals surface area contributed by atoms with Crippen molar-refractivity contribution in [2.24, 2.45) is 5.73 Å². The van der Waals surface area contributed by atoms with Crippen LogP contribution < -0.4 is 15.8 Å². The zero-order chi connectivity index (χ0) is 13.4. The highest BCUT2D eigenvalue weighted by molar-refractivity contribution is 6.32. The number of nitrogens with two attached hydrogens (primary N) is 1. The first kappa shape index (κ1) is 14.8. The largest absolute Gasteiger partial charge is 0.479 e. The fourth-order valence-corrected chi connectivity index (χ4v) is 1.59. The third-order valence-corrected chi connectivity index (χ3v) is 2.75. The molecular weight excluding hydrogens is 252 g/mol. The number of hydrogen-bond acceptors (Lipinski definition) is 3. The molecule has 1 aromatic carbocycles. The van der Waals surface area contributed by atoms with E-state index < -0.39 is 6.10 Å². The zero-order valence-electron chi connectivity index (χ0n) is 10.5. The van der Waals surface area contributed by atoms with Crippen LogP contribution in [0.25, 0.3) is 0 Å². The summed E-state index contributed by atoms with van der Waals surface area (Å²) in [5, 5.41) is 3.29. The summed E-state index contributed by atoms with van der Waals surface area (Å²) < 4.78 is 5.50. The van der Waals surface area contributed by atoms with Gasteiger partial charge in [0.2, 0.25) is 0 Å². The average molecular weight is 271 g/mol. The molecule has 18 heavy (non-hydrogen) atoms. The van der Waals surface area contributed by atoms with Gasteiger partial charge in [0.05, 0.1) is 5.02 Å². The van der Waals surface area contributed by atoms with E-state index in [0.29, 0.717) is 23.9 Å². The van der Waals surface area contributed by atoms with Gasteiger partial charge in [-0.1, -0.05) is 23.7 Å². The van der Waals surface area contributed by atoms with E-state index in [1.54, 1.807) is 19.1 Å². The summed E-state index contributed by atoms with van der Waals surface area (Å²) in [5.74, 6) is 0.371. The Morgan fingerprint density at radius 2 is 2.17 bits per heavy atom. The molecule has 0 heterocycles. The average Bonchev–Trinajstić information content (AvgIpc) is 2.37. The van der Waals surface area contributed by atoms with Crippen LogP contribution in [-0.2, 0) is 4.79 Å². The summed E-state index contributed by atoms with van der Waals surface area (Å²) in [7, 11) is 0. The van der Waals surface area contributed by atoms with Crippen LogP contribution in [-0.4, -0.2) is 25.1 Å². The van der Waals surface area contributed by atoms with E-state index >= 15 is 0 Å². The van der Waals surface area contributed by atoms with E-state index in [4.69, 9.17) is 22.1 Å². The third-order valence-electron chi connectivity index (χ3n) is 2.44. The van der Waals surface area contributed by atoms with Crippen molar-refractivity contribution >= 4 is 17.5 Å². The van der Waals surface area contributed by atoms with E-state index in [-0.39, 0.29) is 5.91 Å². The molecule has 0 aliphatic heterocycles. The first-order chi connectivity index (χ1) is 8.65. The molecule has 1 atom stereocenters. The molecule has 0 spiro atoms. The van der Waals surface area contributed by atoms with E-state index in [1.807, 2.05) is 12.1 Å². The fourth-order valence-electron chi connectivity index (χ4n) is 1.41. The van der Waals surface area contributed by atoms with Gasteiger partial charge in [-0.25, -0.2) is 0 Å². The number of ether oxygens (including phenoxy) is 1. The maximum absolute atomic E-state index is 11.7. The molecular formula is C13H19ClN2O2. The first-order valence-electron chi connectivity index (χ1n) is 6.04. The summed E-state index contributed by atoms with van der Waals surface area (Å²) in [6, 6.07) is 7.09. The summed E-state index contributed by atoms with van der Waals surface area (Å²) >= 11 is 5.95. The van der Waals surface area contributed by atoms with Gasteiger partial charge in [-0.05, 0) is 38.4 Å². The van der Waals surface area contributed by atoms with Gasteiger partial charge in [-0.3, -0.25) is 4.79 Å². The van der Waals surface area contributed by atoms with Crippen molar-refractivity contribution in [3.8, 4) is 5.75 Å². The number of carbonyl (C=O) groups is 1. The molecule has 0 aromatic heterocycles. The second kappa shape index (κ2) is 7.95. The Labute approximate surface area is 112 Å². The molecule has 3 N–H and O–H groups in total. The second-order valence-corrected chi connectivity index (χ2v) is 4.38. The molecule has 1 aromatic rings. The Morgan fingerprint density at radius 1 is 1.44 bits per heavy atom. The highest BCUT2D eigenvalue weighted by Crippen LogP contribution is 2.24. The predicted molar refractivity (Wildman–Crippen MR) is 72.8 cm³/mol. The molecule has 0 radical (unpaired) electrons. The van der Waals surface area contributed by atoms with Crippen LogP contribution in [0.5, 0.6) is 5.75 Å². The molecule has 1 amide bonds. The molecule has 0 aliphatic carbocycles. The monoisotopic (exact) mass is 270 g/mol. The Hall–Kier alpha value is -1.26. The summed E-state index contributed by atoms with van der Waals surface area (Å²) in [5.41, 5.74) is 5.37. The number of amides is 1. The topological polar surface area (TPSA) is 64.3 Å². The maximum Gasteiger partial charge on any atom is 0.260 e. The lowest BCUT2D eigenvalue weighted by molar-refractivity contribution is -0.127. The van der Waals surface area contributed by atoms with Crippen LogP contribution in [0.15, 0.2) is 24.3 Å². The molecule has 100 valence electrons. The van der Waals surface area contributed by atoms with Crippen molar-refractivity contribution in [1.29, 1.82) is 0 Å². The summed E-state index contributed by atoms with van der Waals surface area (Å²) in [6.07, 6.45) is 1.21. The van der Waals surface area contributed by atoms with Gasteiger partial charge < -0.3 is 15.8 Å². The lowest BCUT2D eigenvalue weighted by atomic mass is 10.3. The van der Waals surface area contributed by atoms with Gasteiger partial charge >= 0.3 is 0 Å². The summed E-state index contributed by atoms with van der Waals surface area (Å²) in [6.45, 7) is 2.95. The SMILES string of the molecule is CC(Oc1ccccc1Cl)C(=O)NCCCCN. The molecule has 0 saturated carbocycles. The molecule has 0 aliphatic rings. The minimum absolute atomic E-state index is 0.146. The fraction of sp³-hybridized carbons (Fsp3) is 0.462. The van der Waals surface area contributed by atoms with Crippen LogP contribution in [0, 0.1) is 0 Å². The first-order valence-corrected chi connectivity index (χ1v) is 6.42. The molecule has 0 saturated heterocycles. The van der Waals surface area contributed by atoms with Crippen molar-refractivity contribution in [2.45, 2.75) is 25.9 Å². The Kier molecular flexibility index (Phi) is 6.54. The molecule has 0 bridgehead atoms. The van der Waals surface area contributed by atoms with E-state index in [9.17, 15) is 4.79 Å². The maximum atomic E-state index is 11.7. The minimum Gasteiger partial charge on any atom is -0.479 e. The van der Waals surface area contributed by atoms with Crippen LogP contribution in [0.3, 0.4) is 0 Å². The standard InChI is InChI=1S/C13H19ClN2O2/c1-10(13(17)16-9-5-4-8-15)18-12-7-3-2-6-11(12)14/h2-3,6-7,10H,4-5,8-9,15H2,1H3,(H,16,17). The number of hydrogen-bond donors (Lipinski definition) is 2. The molecule has 5 heteroatoms. The summed E-state index contributed by atoms with van der Waals surface area (Å²) in [4.78, 5) is 11.7. The molecule has 1 unspecified atom stereocenters. The minimum atomic E-state index is -0.567. The highest BCUT2D eigenvalue weighted by Gasteiger charge is 2.14. The molecule has 1 rings (SSSR count). The van der Waals surface area contributed by atoms with Crippen LogP contribution >= 0.6 is 11.6 Å². The van der Waals surface area contributed by atoms with E-state index in [1.165, 1.54) is 0 Å². The smallest absolute Gasteiger partial charge is 0.260 e. The van der Waals surface area contributed by atoms with Crippen molar-refractivity contribution < 1.29 is 9.53 Å². The number of nitrogens with one attached hydrogen (secondary N) is 1.